The fraction of sp³-hybridized carbons (Fsp3) is 0.462. The number of anilines is 1. The number of alkyl halides is 3. The molecular formula is C13H14F4N2O2. The van der Waals surface area contributed by atoms with Crippen LogP contribution in [0.4, 0.5) is 23.2 Å². The molecule has 2 atom stereocenters. The highest BCUT2D eigenvalue weighted by Crippen LogP contribution is 2.35. The van der Waals surface area contributed by atoms with Crippen molar-refractivity contribution in [2.45, 2.75) is 31.7 Å². The average Bonchev–Trinajstić information content (AvgIpc) is 2.48. The molecule has 8 heteroatoms. The molecule has 0 saturated carbocycles. The average molecular weight is 306 g/mol. The van der Waals surface area contributed by atoms with E-state index in [2.05, 4.69) is 0 Å². The Bertz CT molecular complexity index is 547. The summed E-state index contributed by atoms with van der Waals surface area (Å²) in [4.78, 5) is 12.6. The summed E-state index contributed by atoms with van der Waals surface area (Å²) in [6.45, 7) is 0.149. The van der Waals surface area contributed by atoms with Gasteiger partial charge in [-0.05, 0) is 18.6 Å². The predicted octanol–water partition coefficient (Wildman–Crippen LogP) is 2.22. The van der Waals surface area contributed by atoms with Crippen molar-refractivity contribution in [3.8, 4) is 5.75 Å². The number of nitrogens with two attached hydrogens (primary N) is 1. The molecule has 0 radical (unpaired) electrons. The molecule has 1 aromatic carbocycles. The molecular weight excluding hydrogens is 292 g/mol. The minimum atomic E-state index is -4.63. The van der Waals surface area contributed by atoms with Gasteiger partial charge in [0, 0.05) is 6.07 Å². The van der Waals surface area contributed by atoms with Gasteiger partial charge in [-0.25, -0.2) is 4.39 Å². The van der Waals surface area contributed by atoms with E-state index >= 15 is 0 Å². The molecule has 0 aliphatic carbocycles. The van der Waals surface area contributed by atoms with E-state index in [1.165, 1.54) is 6.07 Å². The zero-order valence-corrected chi connectivity index (χ0v) is 11.2. The number of rotatable bonds is 2. The van der Waals surface area contributed by atoms with E-state index in [0.29, 0.717) is 11.3 Å². The smallest absolute Gasteiger partial charge is 0.406 e. The molecule has 4 nitrogen and oxygen atoms in total. The maximum Gasteiger partial charge on any atom is 0.406 e. The molecule has 1 aromatic rings. The lowest BCUT2D eigenvalue weighted by atomic mass is 10.1. The van der Waals surface area contributed by atoms with Crippen molar-refractivity contribution in [1.82, 2.24) is 0 Å². The predicted molar refractivity (Wildman–Crippen MR) is 67.5 cm³/mol. The molecule has 2 N–H and O–H groups in total. The molecule has 0 spiro atoms. The Morgan fingerprint density at radius 3 is 2.62 bits per heavy atom. The number of hydrogen-bond donors (Lipinski definition) is 1. The van der Waals surface area contributed by atoms with Gasteiger partial charge < -0.3 is 10.5 Å². The van der Waals surface area contributed by atoms with Gasteiger partial charge in [-0.2, -0.15) is 13.2 Å². The van der Waals surface area contributed by atoms with Crippen molar-refractivity contribution in [1.29, 1.82) is 0 Å². The van der Waals surface area contributed by atoms with Gasteiger partial charge in [-0.1, -0.05) is 6.92 Å². The minimum absolute atomic E-state index is 0.00815. The number of benzene rings is 1. The molecule has 0 unspecified atom stereocenters. The summed E-state index contributed by atoms with van der Waals surface area (Å²) in [7, 11) is 0. The zero-order valence-electron chi connectivity index (χ0n) is 11.2. The van der Waals surface area contributed by atoms with Gasteiger partial charge in [0.1, 0.15) is 30.3 Å². The topological polar surface area (TPSA) is 55.6 Å². The first-order valence-corrected chi connectivity index (χ1v) is 6.33. The van der Waals surface area contributed by atoms with E-state index in [4.69, 9.17) is 10.5 Å². The molecule has 1 aliphatic heterocycles. The van der Waals surface area contributed by atoms with Gasteiger partial charge in [0.25, 0.3) is 0 Å². The van der Waals surface area contributed by atoms with E-state index in [1.54, 1.807) is 6.92 Å². The number of hydrogen-bond acceptors (Lipinski definition) is 3. The molecule has 1 amide bonds. The summed E-state index contributed by atoms with van der Waals surface area (Å²) < 4.78 is 56.8. The summed E-state index contributed by atoms with van der Waals surface area (Å²) >= 11 is 0. The lowest BCUT2D eigenvalue weighted by molar-refractivity contribution is -0.133. The summed E-state index contributed by atoms with van der Waals surface area (Å²) in [6, 6.07) is 1.84. The van der Waals surface area contributed by atoms with Crippen LogP contribution in [0.15, 0.2) is 18.2 Å². The Hall–Kier alpha value is -1.83. The summed E-state index contributed by atoms with van der Waals surface area (Å²) in [6.07, 6.45) is -5.06. The fourth-order valence-electron chi connectivity index (χ4n) is 2.17. The van der Waals surface area contributed by atoms with Crippen molar-refractivity contribution in [3.05, 3.63) is 24.0 Å². The van der Waals surface area contributed by atoms with Crippen LogP contribution < -0.4 is 15.4 Å². The number of halogens is 4. The maximum absolute atomic E-state index is 13.3. The molecule has 0 bridgehead atoms. The number of amides is 1. The Kier molecular flexibility index (Phi) is 4.08. The maximum atomic E-state index is 13.3. The first kappa shape index (κ1) is 15.6. The van der Waals surface area contributed by atoms with E-state index in [9.17, 15) is 22.4 Å². The van der Waals surface area contributed by atoms with Crippen LogP contribution in [0, 0.1) is 5.82 Å². The van der Waals surface area contributed by atoms with Crippen molar-refractivity contribution in [3.63, 3.8) is 0 Å². The number of nitrogens with zero attached hydrogens (tertiary/aromatic N) is 1. The second-order valence-electron chi connectivity index (χ2n) is 4.74. The van der Waals surface area contributed by atoms with Crippen LogP contribution in [0.5, 0.6) is 5.75 Å². The summed E-state index contributed by atoms with van der Waals surface area (Å²) in [5.74, 6) is -1.70. The van der Waals surface area contributed by atoms with Gasteiger partial charge in [0.15, 0.2) is 0 Å². The van der Waals surface area contributed by atoms with Gasteiger partial charge in [-0.15, -0.1) is 0 Å². The summed E-state index contributed by atoms with van der Waals surface area (Å²) in [5, 5.41) is 0. The zero-order chi connectivity index (χ0) is 15.8. The molecule has 0 fully saturated rings. The lowest BCUT2D eigenvalue weighted by Crippen LogP contribution is -2.52. The minimum Gasteiger partial charge on any atom is -0.486 e. The highest BCUT2D eigenvalue weighted by Gasteiger charge is 2.41. The number of carbonyl (C=O) groups is 1. The van der Waals surface area contributed by atoms with Crippen LogP contribution in [0.2, 0.25) is 0 Å². The largest absolute Gasteiger partial charge is 0.486 e. The molecule has 1 heterocycles. The van der Waals surface area contributed by atoms with Crippen molar-refractivity contribution < 1.29 is 27.1 Å². The number of carbonyl (C=O) groups excluding carboxylic acids is 1. The second-order valence-corrected chi connectivity index (χ2v) is 4.74. The Morgan fingerprint density at radius 1 is 1.38 bits per heavy atom. The normalized spacial score (nSPS) is 22.6. The summed E-state index contributed by atoms with van der Waals surface area (Å²) in [5.41, 5.74) is 5.42. The van der Waals surface area contributed by atoms with Crippen LogP contribution in [0.1, 0.15) is 13.3 Å². The SMILES string of the molecule is CC[C@H]1Oc2ccc(F)cc2N(CC(F)(F)F)C(=O)[C@H]1N. The Balaban J connectivity index is 2.51. The van der Waals surface area contributed by atoms with E-state index in [1.807, 2.05) is 0 Å². The molecule has 116 valence electrons. The van der Waals surface area contributed by atoms with Crippen molar-refractivity contribution in [2.24, 2.45) is 5.73 Å². The van der Waals surface area contributed by atoms with Crippen LogP contribution in [0.3, 0.4) is 0 Å². The third kappa shape index (κ3) is 3.26. The van der Waals surface area contributed by atoms with Crippen LogP contribution >= 0.6 is 0 Å². The van der Waals surface area contributed by atoms with Crippen molar-refractivity contribution in [2.75, 3.05) is 11.4 Å². The molecule has 0 saturated heterocycles. The first-order chi connectivity index (χ1) is 9.73. The quantitative estimate of drug-likeness (QED) is 0.852. The van der Waals surface area contributed by atoms with E-state index in [0.717, 1.165) is 12.1 Å². The molecule has 1 aliphatic rings. The third-order valence-electron chi connectivity index (χ3n) is 3.18. The van der Waals surface area contributed by atoms with Gasteiger partial charge in [0.2, 0.25) is 5.91 Å². The highest BCUT2D eigenvalue weighted by molar-refractivity contribution is 5.99. The van der Waals surface area contributed by atoms with Gasteiger partial charge >= 0.3 is 6.18 Å². The highest BCUT2D eigenvalue weighted by atomic mass is 19.4. The number of ether oxygens (including phenoxy) is 1. The Morgan fingerprint density at radius 2 is 2.05 bits per heavy atom. The molecule has 21 heavy (non-hydrogen) atoms. The lowest BCUT2D eigenvalue weighted by Gasteiger charge is -2.25. The van der Waals surface area contributed by atoms with Crippen molar-refractivity contribution >= 4 is 11.6 Å². The van der Waals surface area contributed by atoms with Crippen LogP contribution in [0.25, 0.3) is 0 Å². The first-order valence-electron chi connectivity index (χ1n) is 6.33. The second kappa shape index (κ2) is 5.51. The standard InChI is InChI=1S/C13H14F4N2O2/c1-2-9-11(18)12(20)19(6-13(15,16)17)8-5-7(14)3-4-10(8)21-9/h3-5,9,11H,2,6,18H2,1H3/t9-,11+/m1/s1. The van der Waals surface area contributed by atoms with Crippen LogP contribution in [-0.2, 0) is 4.79 Å². The number of fused-ring (bicyclic) bond motifs is 1. The monoisotopic (exact) mass is 306 g/mol. The van der Waals surface area contributed by atoms with Gasteiger partial charge in [0.05, 0.1) is 5.69 Å². The molecule has 0 aromatic heterocycles. The van der Waals surface area contributed by atoms with Crippen LogP contribution in [-0.4, -0.2) is 30.8 Å². The fourth-order valence-corrected chi connectivity index (χ4v) is 2.17. The van der Waals surface area contributed by atoms with Gasteiger partial charge in [-0.3, -0.25) is 9.69 Å². The Labute approximate surface area is 118 Å². The van der Waals surface area contributed by atoms with E-state index in [-0.39, 0.29) is 11.4 Å². The van der Waals surface area contributed by atoms with E-state index < -0.39 is 36.6 Å². The molecule has 2 rings (SSSR count). The third-order valence-corrected chi connectivity index (χ3v) is 3.18.